The largest absolute Gasteiger partial charge is 0.374 e. The fourth-order valence-corrected chi connectivity index (χ4v) is 10.9. The van der Waals surface area contributed by atoms with Gasteiger partial charge in [-0.25, -0.2) is 9.97 Å². The van der Waals surface area contributed by atoms with E-state index in [1.54, 1.807) is 0 Å². The maximum Gasteiger partial charge on any atom is 0.0737 e. The van der Waals surface area contributed by atoms with Crippen LogP contribution in [-0.4, -0.2) is 91.5 Å². The first-order chi connectivity index (χ1) is 35.5. The van der Waals surface area contributed by atoms with Gasteiger partial charge in [0.1, 0.15) is 0 Å². The minimum Gasteiger partial charge on any atom is -0.374 e. The summed E-state index contributed by atoms with van der Waals surface area (Å²) in [5, 5.41) is 0. The van der Waals surface area contributed by atoms with Crippen LogP contribution in [0.3, 0.4) is 0 Å². The summed E-state index contributed by atoms with van der Waals surface area (Å²) < 4.78 is 2.60. The van der Waals surface area contributed by atoms with E-state index in [0.717, 1.165) is 97.2 Å². The van der Waals surface area contributed by atoms with Crippen molar-refractivity contribution in [1.82, 2.24) is 39.1 Å². The van der Waals surface area contributed by atoms with Crippen molar-refractivity contribution in [1.29, 1.82) is 0 Å². The molecule has 8 bridgehead atoms. The monoisotopic (exact) mass is 1020 g/mol. The first-order valence-electron chi connectivity index (χ1n) is 28.2. The van der Waals surface area contributed by atoms with Crippen LogP contribution in [0.4, 0.5) is 0 Å². The maximum absolute atomic E-state index is 5.58. The Balaban J connectivity index is 0.00000711. The number of unbranched alkanes of at least 4 members (excludes halogenated alkanes) is 12. The molecule has 0 spiro atoms. The van der Waals surface area contributed by atoms with E-state index in [2.05, 4.69) is 185 Å². The van der Waals surface area contributed by atoms with Gasteiger partial charge in [0.05, 0.1) is 33.8 Å². The van der Waals surface area contributed by atoms with E-state index >= 15 is 0 Å². The van der Waals surface area contributed by atoms with E-state index in [0.29, 0.717) is 0 Å². The number of nitrogens with one attached hydrogen (secondary N) is 1. The van der Waals surface area contributed by atoms with E-state index in [1.165, 1.54) is 142 Å². The van der Waals surface area contributed by atoms with Crippen LogP contribution in [0, 0.1) is 0 Å². The zero-order valence-electron chi connectivity index (χ0n) is 44.6. The van der Waals surface area contributed by atoms with Crippen LogP contribution >= 0.6 is 0 Å². The molecule has 0 fully saturated rings. The summed E-state index contributed by atoms with van der Waals surface area (Å²) in [6.07, 6.45) is 57.8. The maximum atomic E-state index is 5.58. The Morgan fingerprint density at radius 3 is 1.30 bits per heavy atom. The first-order valence-corrected chi connectivity index (χ1v) is 28.2. The molecular weight excluding hydrogens is 936 g/mol. The number of fused-ring (bicyclic) bond motifs is 8. The van der Waals surface area contributed by atoms with E-state index in [-0.39, 0.29) is 17.1 Å². The third-order valence-corrected chi connectivity index (χ3v) is 15.0. The summed E-state index contributed by atoms with van der Waals surface area (Å²) in [6, 6.07) is 11.0. The molecule has 1 radical (unpaired) electrons. The molecular formula is C64H82MnN8. The van der Waals surface area contributed by atoms with Crippen LogP contribution in [0.2, 0.25) is 0 Å². The van der Waals surface area contributed by atoms with Crippen molar-refractivity contribution in [2.75, 3.05) is 52.4 Å². The van der Waals surface area contributed by atoms with Crippen molar-refractivity contribution in [3.8, 4) is 0 Å². The van der Waals surface area contributed by atoms with Crippen molar-refractivity contribution in [3.63, 3.8) is 0 Å². The predicted molar refractivity (Wildman–Crippen MR) is 310 cm³/mol. The summed E-state index contributed by atoms with van der Waals surface area (Å²) in [7, 11) is 0. The molecule has 6 aliphatic heterocycles. The van der Waals surface area contributed by atoms with Crippen molar-refractivity contribution in [3.05, 3.63) is 143 Å². The normalized spacial score (nSPS) is 16.1. The van der Waals surface area contributed by atoms with E-state index in [4.69, 9.17) is 9.97 Å². The molecule has 385 valence electrons. The summed E-state index contributed by atoms with van der Waals surface area (Å²) in [5.74, 6) is 0. The number of nitrogens with zero attached hydrogens (tertiary/aromatic N) is 7. The van der Waals surface area contributed by atoms with Gasteiger partial charge in [-0.3, -0.25) is 0 Å². The molecule has 0 unspecified atom stereocenters. The zero-order valence-corrected chi connectivity index (χ0v) is 45.8. The molecule has 8 nitrogen and oxygen atoms in total. The standard InChI is InChI=1S/C64H82N8.Mn/c1-5-9-13-17-35-68-39-27-50(28-40-68)61-59-26-25-56(67-59)48-55-22-21-53(65-55)47-54-23-24-57(66-54)49-60-62(51-29-41-69(42-30-51)36-18-14-10-6-2)63(52-31-43-70(44-32-52)37-19-15-11-7-3)64(61)72(60)58-33-45-71(46-34-58)38-20-16-12-8-4;/h21-34,39,41,43,45,47-49,65H,5-20,35-38,40,42,44,46H2,1-4H3;. The average molecular weight is 1020 g/mol. The average Bonchev–Trinajstić information content (AvgIpc) is 4.23. The van der Waals surface area contributed by atoms with Gasteiger partial charge in [-0.2, -0.15) is 0 Å². The summed E-state index contributed by atoms with van der Waals surface area (Å²) in [4.78, 5) is 24.5. The van der Waals surface area contributed by atoms with Gasteiger partial charge in [0.15, 0.2) is 0 Å². The van der Waals surface area contributed by atoms with Gasteiger partial charge >= 0.3 is 0 Å². The molecule has 0 saturated carbocycles. The molecule has 0 amide bonds. The van der Waals surface area contributed by atoms with Gasteiger partial charge in [-0.05, 0) is 146 Å². The Kier molecular flexibility index (Phi) is 19.8. The fourth-order valence-electron chi connectivity index (χ4n) is 10.9. The molecule has 1 N–H and O–H groups in total. The number of hydrogen-bond donors (Lipinski definition) is 1. The molecule has 0 atom stereocenters. The molecule has 3 aromatic heterocycles. The molecule has 0 saturated heterocycles. The minimum atomic E-state index is 0. The molecule has 9 heteroatoms. The summed E-state index contributed by atoms with van der Waals surface area (Å²) >= 11 is 0. The van der Waals surface area contributed by atoms with Crippen LogP contribution in [0.15, 0.2) is 104 Å². The Morgan fingerprint density at radius 1 is 0.425 bits per heavy atom. The second-order valence-electron chi connectivity index (χ2n) is 20.6. The zero-order chi connectivity index (χ0) is 49.5. The predicted octanol–water partition coefficient (Wildman–Crippen LogP) is 15.8. The molecule has 73 heavy (non-hydrogen) atoms. The van der Waals surface area contributed by atoms with E-state index in [9.17, 15) is 0 Å². The number of hydrogen-bond acceptors (Lipinski definition) is 6. The summed E-state index contributed by atoms with van der Waals surface area (Å²) in [6.45, 7) is 16.9. The third kappa shape index (κ3) is 13.7. The number of aromatic amines is 1. The van der Waals surface area contributed by atoms with Gasteiger partial charge in [0.2, 0.25) is 0 Å². The molecule has 9 heterocycles. The van der Waals surface area contributed by atoms with Crippen LogP contribution in [0.5, 0.6) is 0 Å². The Bertz CT molecular complexity index is 2850. The quantitative estimate of drug-likeness (QED) is 0.0491. The Labute approximate surface area is 448 Å². The minimum absolute atomic E-state index is 0. The Hall–Kier alpha value is -5.76. The van der Waals surface area contributed by atoms with E-state index in [1.807, 2.05) is 0 Å². The van der Waals surface area contributed by atoms with Gasteiger partial charge in [-0.1, -0.05) is 123 Å². The second-order valence-corrected chi connectivity index (χ2v) is 20.6. The molecule has 3 aromatic rings. The SMILES string of the molecule is CCCCCCN1C=CC(c2c(C3=CCN(CCCCCC)C=C3)c3c(C4=CCN(CCCCCC)C=C4)c4nc(cc5ccc(cc6nc(cc2n3C2=CCN(CCCCCC)C=C2)C=C6)[nH]5)C=C4)=CC1.[Mn]. The van der Waals surface area contributed by atoms with Crippen LogP contribution in [0.25, 0.3) is 68.8 Å². The smallest absolute Gasteiger partial charge is 0.0737 e. The third-order valence-electron chi connectivity index (χ3n) is 15.0. The van der Waals surface area contributed by atoms with Crippen LogP contribution in [0.1, 0.15) is 170 Å². The summed E-state index contributed by atoms with van der Waals surface area (Å²) in [5.41, 5.74) is 16.7. The molecule has 0 aromatic carbocycles. The first kappa shape index (κ1) is 53.5. The molecule has 6 aliphatic rings. The topological polar surface area (TPSA) is 59.5 Å². The van der Waals surface area contributed by atoms with Gasteiger partial charge in [0, 0.05) is 109 Å². The molecule has 9 rings (SSSR count). The van der Waals surface area contributed by atoms with Crippen molar-refractivity contribution in [2.45, 2.75) is 130 Å². The Morgan fingerprint density at radius 2 is 0.849 bits per heavy atom. The van der Waals surface area contributed by atoms with Gasteiger partial charge < -0.3 is 29.2 Å². The van der Waals surface area contributed by atoms with Crippen LogP contribution < -0.4 is 0 Å². The van der Waals surface area contributed by atoms with Crippen molar-refractivity contribution >= 4 is 68.8 Å². The van der Waals surface area contributed by atoms with Crippen molar-refractivity contribution in [2.24, 2.45) is 0 Å². The number of aromatic nitrogens is 4. The second kappa shape index (κ2) is 27.0. The number of allylic oxidation sites excluding steroid dienone is 8. The molecule has 0 aliphatic carbocycles. The van der Waals surface area contributed by atoms with Crippen LogP contribution in [-0.2, 0) is 17.1 Å². The van der Waals surface area contributed by atoms with Gasteiger partial charge in [-0.15, -0.1) is 0 Å². The van der Waals surface area contributed by atoms with Gasteiger partial charge in [0.25, 0.3) is 0 Å². The van der Waals surface area contributed by atoms with Crippen molar-refractivity contribution < 1.29 is 17.1 Å². The number of H-pyrrole nitrogens is 1. The number of rotatable bonds is 24. The fraction of sp³-hybridized carbons (Fsp3) is 0.438. The van der Waals surface area contributed by atoms with E-state index < -0.39 is 0 Å².